The Balaban J connectivity index is 1.27. The van der Waals surface area contributed by atoms with Gasteiger partial charge < -0.3 is 4.42 Å². The molecule has 1 aromatic heterocycles. The van der Waals surface area contributed by atoms with Gasteiger partial charge in [0.1, 0.15) is 11.2 Å². The minimum absolute atomic E-state index is 0.0483. The molecule has 1 heteroatoms. The number of fused-ring (bicyclic) bond motifs is 10. The Labute approximate surface area is 267 Å². The zero-order valence-electron chi connectivity index (χ0n) is 25.8. The monoisotopic (exact) mass is 586 g/mol. The van der Waals surface area contributed by atoms with Crippen LogP contribution in [-0.2, 0) is 5.41 Å². The van der Waals surface area contributed by atoms with Crippen LogP contribution in [0.25, 0.3) is 87.6 Å². The van der Waals surface area contributed by atoms with Crippen LogP contribution in [0.5, 0.6) is 0 Å². The summed E-state index contributed by atoms with van der Waals surface area (Å²) in [5, 5.41) is 9.93. The number of rotatable bonds is 2. The van der Waals surface area contributed by atoms with Crippen LogP contribution < -0.4 is 0 Å². The van der Waals surface area contributed by atoms with E-state index in [0.29, 0.717) is 0 Å². The molecule has 0 N–H and O–H groups in total. The zero-order valence-corrected chi connectivity index (χ0v) is 25.8. The Morgan fingerprint density at radius 2 is 1.02 bits per heavy atom. The maximum atomic E-state index is 6.69. The fourth-order valence-corrected chi connectivity index (χ4v) is 8.39. The van der Waals surface area contributed by atoms with Gasteiger partial charge in [-0.3, -0.25) is 0 Å². The Morgan fingerprint density at radius 3 is 1.78 bits per heavy atom. The van der Waals surface area contributed by atoms with Crippen molar-refractivity contribution in [3.05, 3.63) is 157 Å². The van der Waals surface area contributed by atoms with Crippen LogP contribution in [0.15, 0.2) is 150 Å². The second-order valence-corrected chi connectivity index (χ2v) is 13.2. The number of furan rings is 1. The van der Waals surface area contributed by atoms with Gasteiger partial charge in [0.25, 0.3) is 0 Å². The minimum Gasteiger partial charge on any atom is -0.456 e. The van der Waals surface area contributed by atoms with Crippen LogP contribution in [-0.4, -0.2) is 0 Å². The molecule has 0 unspecified atom stereocenters. The topological polar surface area (TPSA) is 13.1 Å². The number of hydrogen-bond donors (Lipinski definition) is 0. The van der Waals surface area contributed by atoms with Crippen LogP contribution in [0.4, 0.5) is 0 Å². The lowest BCUT2D eigenvalue weighted by Gasteiger charge is -2.21. The maximum Gasteiger partial charge on any atom is 0.136 e. The van der Waals surface area contributed by atoms with Crippen molar-refractivity contribution in [1.82, 2.24) is 0 Å². The van der Waals surface area contributed by atoms with Crippen LogP contribution in [0.3, 0.4) is 0 Å². The molecule has 1 aliphatic rings. The summed E-state index contributed by atoms with van der Waals surface area (Å²) in [4.78, 5) is 0. The molecule has 0 saturated carbocycles. The molecule has 46 heavy (non-hydrogen) atoms. The summed E-state index contributed by atoms with van der Waals surface area (Å²) < 4.78 is 6.69. The molecule has 1 heterocycles. The van der Waals surface area contributed by atoms with Crippen molar-refractivity contribution in [2.75, 3.05) is 0 Å². The maximum absolute atomic E-state index is 6.69. The average Bonchev–Trinajstić information content (AvgIpc) is 3.58. The van der Waals surface area contributed by atoms with Gasteiger partial charge in [-0.15, -0.1) is 0 Å². The minimum atomic E-state index is -0.0483. The highest BCUT2D eigenvalue weighted by Crippen LogP contribution is 2.53. The van der Waals surface area contributed by atoms with Crippen LogP contribution in [0.2, 0.25) is 0 Å². The fourth-order valence-electron chi connectivity index (χ4n) is 8.39. The molecule has 0 radical (unpaired) electrons. The molecule has 1 nitrogen and oxygen atoms in total. The SMILES string of the molecule is CC1(C)c2ccccc2-c2c1ccc1oc3cc(-c4c5ccccc5c(-c5cccc6ccccc56)c5ccccc45)ccc3c21. The third-order valence-corrected chi connectivity index (χ3v) is 10.5. The average molecular weight is 587 g/mol. The molecule has 1 aliphatic carbocycles. The van der Waals surface area contributed by atoms with Gasteiger partial charge in [-0.05, 0) is 95.0 Å². The molecular weight excluding hydrogens is 556 g/mol. The summed E-state index contributed by atoms with van der Waals surface area (Å²) in [7, 11) is 0. The molecule has 0 aliphatic heterocycles. The first-order chi connectivity index (χ1) is 22.6. The van der Waals surface area contributed by atoms with E-state index in [4.69, 9.17) is 4.42 Å². The van der Waals surface area contributed by atoms with Crippen molar-refractivity contribution in [2.24, 2.45) is 0 Å². The summed E-state index contributed by atoms with van der Waals surface area (Å²) in [6, 6.07) is 53.3. The standard InChI is InChI=1S/C45H30O/c1-45(2)37-21-10-9-19-35(37)43-38(45)24-25-39-44(43)36-23-22-28(26-40(36)46-39)41-31-15-5-7-17-33(31)42(34-18-8-6-16-32(34)41)30-20-11-13-27-12-3-4-14-29(27)30/h3-26H,1-2H3. The van der Waals surface area contributed by atoms with Crippen molar-refractivity contribution < 1.29 is 4.42 Å². The van der Waals surface area contributed by atoms with Gasteiger partial charge in [0.2, 0.25) is 0 Å². The van der Waals surface area contributed by atoms with Gasteiger partial charge in [-0.2, -0.15) is 0 Å². The van der Waals surface area contributed by atoms with Crippen LogP contribution >= 0.6 is 0 Å². The molecule has 10 rings (SSSR count). The summed E-state index contributed by atoms with van der Waals surface area (Å²) in [5.74, 6) is 0. The van der Waals surface area contributed by atoms with E-state index in [-0.39, 0.29) is 5.41 Å². The lowest BCUT2D eigenvalue weighted by Crippen LogP contribution is -2.14. The van der Waals surface area contributed by atoms with E-state index in [2.05, 4.69) is 159 Å². The van der Waals surface area contributed by atoms with E-state index in [1.807, 2.05) is 0 Å². The van der Waals surface area contributed by atoms with Gasteiger partial charge in [0.05, 0.1) is 0 Å². The van der Waals surface area contributed by atoms with Crippen LogP contribution in [0, 0.1) is 0 Å². The van der Waals surface area contributed by atoms with Gasteiger partial charge in [0.15, 0.2) is 0 Å². The van der Waals surface area contributed by atoms with E-state index >= 15 is 0 Å². The Bertz CT molecular complexity index is 2660. The molecule has 8 aromatic carbocycles. The largest absolute Gasteiger partial charge is 0.456 e. The fraction of sp³-hybridized carbons (Fsp3) is 0.0667. The van der Waals surface area contributed by atoms with Crippen LogP contribution in [0.1, 0.15) is 25.0 Å². The van der Waals surface area contributed by atoms with Crippen molar-refractivity contribution in [2.45, 2.75) is 19.3 Å². The first kappa shape index (κ1) is 25.6. The Kier molecular flexibility index (Phi) is 5.12. The smallest absolute Gasteiger partial charge is 0.136 e. The molecule has 0 bridgehead atoms. The molecule has 216 valence electrons. The van der Waals surface area contributed by atoms with Crippen molar-refractivity contribution in [3.8, 4) is 33.4 Å². The van der Waals surface area contributed by atoms with Gasteiger partial charge >= 0.3 is 0 Å². The second kappa shape index (κ2) is 9.19. The predicted octanol–water partition coefficient (Wildman–Crippen LogP) is 12.7. The quantitative estimate of drug-likeness (QED) is 0.184. The van der Waals surface area contributed by atoms with E-state index in [1.54, 1.807) is 0 Å². The summed E-state index contributed by atoms with van der Waals surface area (Å²) in [6.45, 7) is 4.67. The number of hydrogen-bond acceptors (Lipinski definition) is 1. The lowest BCUT2D eigenvalue weighted by molar-refractivity contribution is 0.656. The zero-order chi connectivity index (χ0) is 30.6. The highest BCUT2D eigenvalue weighted by Gasteiger charge is 2.37. The number of benzene rings is 8. The van der Waals surface area contributed by atoms with Gasteiger partial charge in [-0.1, -0.05) is 141 Å². The summed E-state index contributed by atoms with van der Waals surface area (Å²) in [5.41, 5.74) is 12.2. The Hall–Kier alpha value is -5.66. The van der Waals surface area contributed by atoms with Crippen molar-refractivity contribution in [1.29, 1.82) is 0 Å². The van der Waals surface area contributed by atoms with Gasteiger partial charge in [0, 0.05) is 16.2 Å². The molecular formula is C45H30O. The van der Waals surface area contributed by atoms with Gasteiger partial charge in [-0.25, -0.2) is 0 Å². The highest BCUT2D eigenvalue weighted by atomic mass is 16.3. The molecule has 0 amide bonds. The van der Waals surface area contributed by atoms with E-state index in [9.17, 15) is 0 Å². The highest BCUT2D eigenvalue weighted by molar-refractivity contribution is 6.24. The predicted molar refractivity (Wildman–Crippen MR) is 195 cm³/mol. The normalized spacial score (nSPS) is 13.6. The first-order valence-corrected chi connectivity index (χ1v) is 16.1. The summed E-state index contributed by atoms with van der Waals surface area (Å²) >= 11 is 0. The molecule has 0 spiro atoms. The van der Waals surface area contributed by atoms with Crippen molar-refractivity contribution in [3.63, 3.8) is 0 Å². The summed E-state index contributed by atoms with van der Waals surface area (Å²) in [6.07, 6.45) is 0. The second-order valence-electron chi connectivity index (χ2n) is 13.2. The third kappa shape index (κ3) is 3.35. The lowest BCUT2D eigenvalue weighted by atomic mass is 9.82. The van der Waals surface area contributed by atoms with Crippen molar-refractivity contribution >= 4 is 54.3 Å². The Morgan fingerprint density at radius 1 is 0.413 bits per heavy atom. The van der Waals surface area contributed by atoms with E-state index < -0.39 is 0 Å². The first-order valence-electron chi connectivity index (χ1n) is 16.1. The third-order valence-electron chi connectivity index (χ3n) is 10.5. The van der Waals surface area contributed by atoms with E-state index in [0.717, 1.165) is 11.2 Å². The molecule has 9 aromatic rings. The molecule has 0 fully saturated rings. The van der Waals surface area contributed by atoms with E-state index in [1.165, 1.54) is 87.6 Å². The molecule has 0 atom stereocenters. The molecule has 0 saturated heterocycles.